The number of pyridine rings is 1. The van der Waals surface area contributed by atoms with Crippen molar-refractivity contribution in [2.24, 2.45) is 0 Å². The topological polar surface area (TPSA) is 64.7 Å². The molecule has 2 heterocycles. The Hall–Kier alpha value is -0.760. The molecule has 2 N–H and O–H groups in total. The third kappa shape index (κ3) is 1.94. The highest BCUT2D eigenvalue weighted by Crippen LogP contribution is 2.23. The van der Waals surface area contributed by atoms with Gasteiger partial charge in [-0.15, -0.1) is 10.2 Å². The summed E-state index contributed by atoms with van der Waals surface area (Å²) in [5, 5.41) is 8.94. The van der Waals surface area contributed by atoms with Crippen LogP contribution in [0.2, 0.25) is 0 Å². The second-order valence-corrected chi connectivity index (χ2v) is 4.43. The molecule has 0 fully saturated rings. The van der Waals surface area contributed by atoms with E-state index in [1.807, 2.05) is 12.1 Å². The molecular weight excluding hydrogens is 299 g/mol. The number of rotatable bonds is 1. The van der Waals surface area contributed by atoms with Gasteiger partial charge in [0.05, 0.1) is 0 Å². The molecule has 13 heavy (non-hydrogen) atoms. The Morgan fingerprint density at radius 1 is 1.31 bits per heavy atom. The van der Waals surface area contributed by atoms with Crippen LogP contribution in [0.1, 0.15) is 0 Å². The van der Waals surface area contributed by atoms with Crippen LogP contribution in [-0.2, 0) is 0 Å². The second-order valence-electron chi connectivity index (χ2n) is 2.32. The number of hydrogen-bond donors (Lipinski definition) is 1. The molecule has 0 aliphatic rings. The van der Waals surface area contributed by atoms with E-state index in [2.05, 4.69) is 37.8 Å². The summed E-state index contributed by atoms with van der Waals surface area (Å²) in [4.78, 5) is 4.15. The summed E-state index contributed by atoms with van der Waals surface area (Å²) in [7, 11) is 0. The van der Waals surface area contributed by atoms with Crippen molar-refractivity contribution in [3.05, 3.63) is 22.0 Å². The van der Waals surface area contributed by atoms with Gasteiger partial charge in [0.15, 0.2) is 5.01 Å². The monoisotopic (exact) mass is 304 g/mol. The lowest BCUT2D eigenvalue weighted by molar-refractivity contribution is 1.10. The molecule has 2 aromatic rings. The van der Waals surface area contributed by atoms with Crippen molar-refractivity contribution in [3.63, 3.8) is 0 Å². The van der Waals surface area contributed by atoms with Crippen LogP contribution in [0, 0.1) is 3.70 Å². The zero-order valence-electron chi connectivity index (χ0n) is 6.44. The molecule has 6 heteroatoms. The standard InChI is InChI=1S/C7H5IN4S/c8-5-2-1-4(3-10-5)6-11-12-7(9)13-6/h1-3H,(H2,9,12). The number of nitrogens with two attached hydrogens (primary N) is 1. The molecule has 0 aromatic carbocycles. The lowest BCUT2D eigenvalue weighted by Crippen LogP contribution is -1.82. The Balaban J connectivity index is 2.41. The van der Waals surface area contributed by atoms with Gasteiger partial charge in [0.2, 0.25) is 5.13 Å². The van der Waals surface area contributed by atoms with Crippen LogP contribution in [0.4, 0.5) is 5.13 Å². The molecular formula is C7H5IN4S. The summed E-state index contributed by atoms with van der Waals surface area (Å²) < 4.78 is 0.957. The molecule has 2 rings (SSSR count). The Labute approximate surface area is 92.4 Å². The fourth-order valence-electron chi connectivity index (χ4n) is 0.854. The van der Waals surface area contributed by atoms with Gasteiger partial charge in [0.1, 0.15) is 3.70 Å². The van der Waals surface area contributed by atoms with Gasteiger partial charge in [-0.25, -0.2) is 4.98 Å². The maximum Gasteiger partial charge on any atom is 0.203 e. The lowest BCUT2D eigenvalue weighted by Gasteiger charge is -1.93. The van der Waals surface area contributed by atoms with Crippen LogP contribution in [0.3, 0.4) is 0 Å². The maximum absolute atomic E-state index is 5.47. The van der Waals surface area contributed by atoms with Crippen molar-refractivity contribution in [1.29, 1.82) is 0 Å². The second kappa shape index (κ2) is 3.54. The number of hydrogen-bond acceptors (Lipinski definition) is 5. The highest BCUT2D eigenvalue weighted by atomic mass is 127. The predicted octanol–water partition coefficient (Wildman–Crippen LogP) is 1.79. The molecule has 0 aliphatic heterocycles. The van der Waals surface area contributed by atoms with Crippen molar-refractivity contribution in [2.75, 3.05) is 5.73 Å². The molecule has 66 valence electrons. The molecule has 0 saturated carbocycles. The van der Waals surface area contributed by atoms with Crippen molar-refractivity contribution >= 4 is 39.1 Å². The third-order valence-electron chi connectivity index (χ3n) is 1.41. The number of nitrogen functional groups attached to an aromatic ring is 1. The summed E-state index contributed by atoms with van der Waals surface area (Å²) >= 11 is 3.51. The first-order valence-electron chi connectivity index (χ1n) is 3.46. The fraction of sp³-hybridized carbons (Fsp3) is 0. The molecule has 0 unspecified atom stereocenters. The summed E-state index contributed by atoms with van der Waals surface area (Å²) in [6.07, 6.45) is 1.77. The van der Waals surface area contributed by atoms with E-state index in [0.29, 0.717) is 5.13 Å². The normalized spacial score (nSPS) is 10.2. The Kier molecular flexibility index (Phi) is 2.40. The average molecular weight is 304 g/mol. The summed E-state index contributed by atoms with van der Waals surface area (Å²) in [5.74, 6) is 0. The Morgan fingerprint density at radius 2 is 2.15 bits per heavy atom. The zero-order chi connectivity index (χ0) is 9.26. The first-order chi connectivity index (χ1) is 6.25. The molecule has 0 saturated heterocycles. The summed E-state index contributed by atoms with van der Waals surface area (Å²) in [5.41, 5.74) is 6.42. The van der Waals surface area contributed by atoms with Crippen molar-refractivity contribution in [1.82, 2.24) is 15.2 Å². The molecule has 0 spiro atoms. The number of nitrogens with zero attached hydrogens (tertiary/aromatic N) is 3. The molecule has 4 nitrogen and oxygen atoms in total. The minimum absolute atomic E-state index is 0.480. The first kappa shape index (κ1) is 8.82. The van der Waals surface area contributed by atoms with Crippen molar-refractivity contribution in [2.45, 2.75) is 0 Å². The predicted molar refractivity (Wildman–Crippen MR) is 60.3 cm³/mol. The van der Waals surface area contributed by atoms with Crippen LogP contribution < -0.4 is 5.73 Å². The zero-order valence-corrected chi connectivity index (χ0v) is 9.41. The van der Waals surface area contributed by atoms with E-state index in [0.717, 1.165) is 14.3 Å². The van der Waals surface area contributed by atoms with Crippen LogP contribution in [0.25, 0.3) is 10.6 Å². The minimum Gasteiger partial charge on any atom is -0.374 e. The molecule has 0 amide bonds. The van der Waals surface area contributed by atoms with Gasteiger partial charge in [-0.05, 0) is 34.7 Å². The van der Waals surface area contributed by atoms with E-state index in [-0.39, 0.29) is 0 Å². The lowest BCUT2D eigenvalue weighted by atomic mass is 10.3. The number of halogens is 1. The Bertz CT molecular complexity index is 411. The van der Waals surface area contributed by atoms with Crippen LogP contribution >= 0.6 is 33.9 Å². The highest BCUT2D eigenvalue weighted by Gasteiger charge is 2.03. The quantitative estimate of drug-likeness (QED) is 0.644. The fourth-order valence-corrected chi connectivity index (χ4v) is 1.77. The molecule has 0 atom stereocenters. The van der Waals surface area contributed by atoms with Crippen LogP contribution in [0.5, 0.6) is 0 Å². The van der Waals surface area contributed by atoms with E-state index in [1.54, 1.807) is 6.20 Å². The minimum atomic E-state index is 0.480. The van der Waals surface area contributed by atoms with E-state index >= 15 is 0 Å². The van der Waals surface area contributed by atoms with Gasteiger partial charge in [-0.1, -0.05) is 11.3 Å². The third-order valence-corrected chi connectivity index (χ3v) is 2.85. The van der Waals surface area contributed by atoms with Gasteiger partial charge in [0, 0.05) is 11.8 Å². The van der Waals surface area contributed by atoms with Crippen LogP contribution in [-0.4, -0.2) is 15.2 Å². The van der Waals surface area contributed by atoms with E-state index < -0.39 is 0 Å². The van der Waals surface area contributed by atoms with Crippen molar-refractivity contribution < 1.29 is 0 Å². The summed E-state index contributed by atoms with van der Waals surface area (Å²) in [6, 6.07) is 3.88. The van der Waals surface area contributed by atoms with Crippen LogP contribution in [0.15, 0.2) is 18.3 Å². The molecule has 2 aromatic heterocycles. The van der Waals surface area contributed by atoms with E-state index in [1.165, 1.54) is 11.3 Å². The molecule has 0 radical (unpaired) electrons. The van der Waals surface area contributed by atoms with Gasteiger partial charge in [-0.2, -0.15) is 0 Å². The maximum atomic E-state index is 5.47. The van der Waals surface area contributed by atoms with Gasteiger partial charge < -0.3 is 5.73 Å². The smallest absolute Gasteiger partial charge is 0.203 e. The van der Waals surface area contributed by atoms with Gasteiger partial charge >= 0.3 is 0 Å². The first-order valence-corrected chi connectivity index (χ1v) is 5.36. The number of aromatic nitrogens is 3. The number of anilines is 1. The Morgan fingerprint density at radius 3 is 2.69 bits per heavy atom. The van der Waals surface area contributed by atoms with Gasteiger partial charge in [0.25, 0.3) is 0 Å². The van der Waals surface area contributed by atoms with E-state index in [9.17, 15) is 0 Å². The van der Waals surface area contributed by atoms with E-state index in [4.69, 9.17) is 5.73 Å². The van der Waals surface area contributed by atoms with Gasteiger partial charge in [-0.3, -0.25) is 0 Å². The molecule has 0 bridgehead atoms. The highest BCUT2D eigenvalue weighted by molar-refractivity contribution is 14.1. The summed E-state index contributed by atoms with van der Waals surface area (Å²) in [6.45, 7) is 0. The SMILES string of the molecule is Nc1nnc(-c2ccc(I)nc2)s1. The van der Waals surface area contributed by atoms with Crippen molar-refractivity contribution in [3.8, 4) is 10.6 Å². The average Bonchev–Trinajstić information content (AvgIpc) is 2.53. The largest absolute Gasteiger partial charge is 0.374 e. The molecule has 0 aliphatic carbocycles.